The Balaban J connectivity index is 1.75. The molecule has 0 spiro atoms. The van der Waals surface area contributed by atoms with Gasteiger partial charge in [0.05, 0.1) is 36.0 Å². The summed E-state index contributed by atoms with van der Waals surface area (Å²) in [6, 6.07) is 27.2. The highest BCUT2D eigenvalue weighted by Gasteiger charge is 2.11. The van der Waals surface area contributed by atoms with Crippen LogP contribution in [-0.4, -0.2) is 24.3 Å². The van der Waals surface area contributed by atoms with Crippen LogP contribution in [0.15, 0.2) is 96.2 Å². The Bertz CT molecular complexity index is 1160. The molecule has 0 saturated heterocycles. The molecule has 0 saturated carbocycles. The number of benzene rings is 3. The van der Waals surface area contributed by atoms with Crippen LogP contribution in [0.5, 0.6) is 0 Å². The number of carbonyl (C=O) groups excluding carboxylic acids is 1. The summed E-state index contributed by atoms with van der Waals surface area (Å²) in [6.07, 6.45) is 3.44. The second kappa shape index (κ2) is 8.35. The van der Waals surface area contributed by atoms with Crippen LogP contribution in [0.25, 0.3) is 10.8 Å². The van der Waals surface area contributed by atoms with E-state index in [-0.39, 0.29) is 5.97 Å². The Hall–Kier alpha value is -3.99. The molecule has 142 valence electrons. The summed E-state index contributed by atoms with van der Waals surface area (Å²) in [5.41, 5.74) is 2.97. The zero-order chi connectivity index (χ0) is 20.1. The maximum Gasteiger partial charge on any atom is 0.337 e. The molecule has 0 amide bonds. The lowest BCUT2D eigenvalue weighted by Crippen LogP contribution is -2.10. The molecule has 1 heterocycles. The van der Waals surface area contributed by atoms with Crippen molar-refractivity contribution in [3.63, 3.8) is 0 Å². The first-order chi connectivity index (χ1) is 14.2. The van der Waals surface area contributed by atoms with Gasteiger partial charge in [0.2, 0.25) is 0 Å². The van der Waals surface area contributed by atoms with Crippen LogP contribution in [0.1, 0.15) is 16.1 Å². The number of carbonyl (C=O) groups is 1. The van der Waals surface area contributed by atoms with Crippen molar-refractivity contribution < 1.29 is 9.53 Å². The lowest BCUT2D eigenvalue weighted by atomic mass is 10.1. The lowest BCUT2D eigenvalue weighted by Gasteiger charge is -2.20. The third kappa shape index (κ3) is 4.14. The molecule has 0 atom stereocenters. The lowest BCUT2D eigenvalue weighted by molar-refractivity contribution is 0.0601. The van der Waals surface area contributed by atoms with Crippen LogP contribution in [0, 0.1) is 0 Å². The van der Waals surface area contributed by atoms with Gasteiger partial charge in [-0.2, -0.15) is 5.10 Å². The molecule has 0 N–H and O–H groups in total. The molecule has 4 rings (SSSR count). The van der Waals surface area contributed by atoms with E-state index in [1.165, 1.54) is 7.11 Å². The maximum atomic E-state index is 11.7. The van der Waals surface area contributed by atoms with Crippen LogP contribution >= 0.6 is 0 Å². The first-order valence-electron chi connectivity index (χ1n) is 9.17. The van der Waals surface area contributed by atoms with E-state index in [0.29, 0.717) is 5.56 Å². The molecule has 5 nitrogen and oxygen atoms in total. The quantitative estimate of drug-likeness (QED) is 0.271. The molecule has 0 bridgehead atoms. The zero-order valence-electron chi connectivity index (χ0n) is 15.9. The number of methoxy groups -OCH3 is 1. The summed E-state index contributed by atoms with van der Waals surface area (Å²) in [5, 5.41) is 8.77. The van der Waals surface area contributed by atoms with E-state index in [2.05, 4.69) is 34.4 Å². The SMILES string of the molecule is COC(=O)c1ccc(N(/N=C/c2ccccn2)c2ccc3ccccc3c2)cc1. The van der Waals surface area contributed by atoms with Crippen LogP contribution < -0.4 is 5.01 Å². The Morgan fingerprint density at radius 3 is 2.34 bits per heavy atom. The van der Waals surface area contributed by atoms with Gasteiger partial charge in [0.1, 0.15) is 0 Å². The summed E-state index contributed by atoms with van der Waals surface area (Å²) in [4.78, 5) is 16.0. The van der Waals surface area contributed by atoms with Gasteiger partial charge in [-0.1, -0.05) is 36.4 Å². The first kappa shape index (κ1) is 18.4. The molecular weight excluding hydrogens is 362 g/mol. The Morgan fingerprint density at radius 1 is 0.897 bits per heavy atom. The standard InChI is InChI=1S/C24H19N3O2/c1-29-24(28)19-10-12-22(13-11-19)27(26-17-21-8-4-5-15-25-21)23-14-9-18-6-2-3-7-20(18)16-23/h2-17H,1H3/b26-17+. The normalized spacial score (nSPS) is 10.9. The summed E-state index contributed by atoms with van der Waals surface area (Å²) in [5.74, 6) is -0.370. The molecule has 0 fully saturated rings. The van der Waals surface area contributed by atoms with E-state index in [1.807, 2.05) is 53.5 Å². The zero-order valence-corrected chi connectivity index (χ0v) is 15.9. The van der Waals surface area contributed by atoms with Gasteiger partial charge >= 0.3 is 5.97 Å². The van der Waals surface area contributed by atoms with Crippen molar-refractivity contribution in [3.8, 4) is 0 Å². The predicted molar refractivity (Wildman–Crippen MR) is 116 cm³/mol. The minimum absolute atomic E-state index is 0.370. The van der Waals surface area contributed by atoms with E-state index >= 15 is 0 Å². The van der Waals surface area contributed by atoms with Gasteiger partial charge < -0.3 is 4.74 Å². The van der Waals surface area contributed by atoms with Crippen LogP contribution in [0.3, 0.4) is 0 Å². The molecular formula is C24H19N3O2. The third-order valence-electron chi connectivity index (χ3n) is 4.50. The fourth-order valence-corrected chi connectivity index (χ4v) is 3.02. The van der Waals surface area contributed by atoms with Gasteiger partial charge in [-0.05, 0) is 59.3 Å². The third-order valence-corrected chi connectivity index (χ3v) is 4.50. The molecule has 0 aliphatic carbocycles. The van der Waals surface area contributed by atoms with Crippen molar-refractivity contribution in [1.82, 2.24) is 4.98 Å². The van der Waals surface area contributed by atoms with Gasteiger partial charge in [0, 0.05) is 6.20 Å². The summed E-state index contributed by atoms with van der Waals surface area (Å²) in [6.45, 7) is 0. The topological polar surface area (TPSA) is 54.8 Å². The van der Waals surface area contributed by atoms with Gasteiger partial charge in [0.25, 0.3) is 0 Å². The van der Waals surface area contributed by atoms with E-state index < -0.39 is 0 Å². The largest absolute Gasteiger partial charge is 0.465 e. The molecule has 0 aliphatic heterocycles. The summed E-state index contributed by atoms with van der Waals surface area (Å²) < 4.78 is 4.78. The fourth-order valence-electron chi connectivity index (χ4n) is 3.02. The highest BCUT2D eigenvalue weighted by atomic mass is 16.5. The number of fused-ring (bicyclic) bond motifs is 1. The van der Waals surface area contributed by atoms with E-state index in [4.69, 9.17) is 4.74 Å². The molecule has 1 aromatic heterocycles. The number of esters is 1. The van der Waals surface area contributed by atoms with Gasteiger partial charge in [-0.25, -0.2) is 9.80 Å². The molecule has 5 heteroatoms. The number of hydrogen-bond donors (Lipinski definition) is 0. The van der Waals surface area contributed by atoms with E-state index in [1.54, 1.807) is 24.5 Å². The van der Waals surface area contributed by atoms with E-state index in [9.17, 15) is 4.79 Å². The highest BCUT2D eigenvalue weighted by molar-refractivity contribution is 5.91. The van der Waals surface area contributed by atoms with Crippen molar-refractivity contribution >= 4 is 34.3 Å². The second-order valence-electron chi connectivity index (χ2n) is 6.38. The number of anilines is 2. The summed E-state index contributed by atoms with van der Waals surface area (Å²) in [7, 11) is 1.37. The maximum absolute atomic E-state index is 11.7. The average molecular weight is 381 g/mol. The highest BCUT2D eigenvalue weighted by Crippen LogP contribution is 2.29. The average Bonchev–Trinajstić information content (AvgIpc) is 2.79. The Labute approximate surface area is 168 Å². The Morgan fingerprint density at radius 2 is 1.62 bits per heavy atom. The van der Waals surface area contributed by atoms with Crippen molar-refractivity contribution in [2.45, 2.75) is 0 Å². The number of nitrogens with zero attached hydrogens (tertiary/aromatic N) is 3. The number of ether oxygens (including phenoxy) is 1. The number of hydrogen-bond acceptors (Lipinski definition) is 5. The molecule has 29 heavy (non-hydrogen) atoms. The van der Waals surface area contributed by atoms with Gasteiger partial charge in [-0.15, -0.1) is 0 Å². The number of aromatic nitrogens is 1. The number of rotatable bonds is 5. The van der Waals surface area contributed by atoms with Crippen molar-refractivity contribution in [3.05, 3.63) is 102 Å². The van der Waals surface area contributed by atoms with Crippen LogP contribution in [-0.2, 0) is 4.74 Å². The predicted octanol–water partition coefficient (Wildman–Crippen LogP) is 5.19. The van der Waals surface area contributed by atoms with Gasteiger partial charge in [-0.3, -0.25) is 4.98 Å². The summed E-state index contributed by atoms with van der Waals surface area (Å²) >= 11 is 0. The molecule has 0 aliphatic rings. The monoisotopic (exact) mass is 381 g/mol. The molecule has 0 unspecified atom stereocenters. The smallest absolute Gasteiger partial charge is 0.337 e. The van der Waals surface area contributed by atoms with Crippen molar-refractivity contribution in [2.24, 2.45) is 5.10 Å². The number of pyridine rings is 1. The minimum atomic E-state index is -0.370. The number of hydrazone groups is 1. The molecule has 0 radical (unpaired) electrons. The van der Waals surface area contributed by atoms with Crippen LogP contribution in [0.2, 0.25) is 0 Å². The van der Waals surface area contributed by atoms with Gasteiger partial charge in [0.15, 0.2) is 0 Å². The first-order valence-corrected chi connectivity index (χ1v) is 9.17. The molecule has 4 aromatic rings. The Kier molecular flexibility index (Phi) is 5.29. The second-order valence-corrected chi connectivity index (χ2v) is 6.38. The fraction of sp³-hybridized carbons (Fsp3) is 0.0417. The minimum Gasteiger partial charge on any atom is -0.465 e. The van der Waals surface area contributed by atoms with Crippen molar-refractivity contribution in [2.75, 3.05) is 12.1 Å². The van der Waals surface area contributed by atoms with E-state index in [0.717, 1.165) is 27.8 Å². The molecule has 3 aromatic carbocycles. The van der Waals surface area contributed by atoms with Crippen LogP contribution in [0.4, 0.5) is 11.4 Å². The van der Waals surface area contributed by atoms with Crippen molar-refractivity contribution in [1.29, 1.82) is 0 Å².